The van der Waals surface area contributed by atoms with Crippen LogP contribution in [0.4, 0.5) is 4.39 Å². The number of hydrogen-bond acceptors (Lipinski definition) is 4. The quantitative estimate of drug-likeness (QED) is 0.849. The minimum atomic E-state index is -1.09. The first-order chi connectivity index (χ1) is 11.0. The van der Waals surface area contributed by atoms with Gasteiger partial charge in [-0.3, -0.25) is 4.79 Å². The van der Waals surface area contributed by atoms with E-state index < -0.39 is 24.6 Å². The van der Waals surface area contributed by atoms with Crippen molar-refractivity contribution in [2.45, 2.75) is 13.0 Å². The molecule has 1 unspecified atom stereocenters. The minimum Gasteiger partial charge on any atom is -0.496 e. The number of amides is 1. The topological polar surface area (TPSA) is 75.6 Å². The van der Waals surface area contributed by atoms with Crippen molar-refractivity contribution in [3.8, 4) is 5.75 Å². The van der Waals surface area contributed by atoms with E-state index in [1.807, 2.05) is 0 Å². The van der Waals surface area contributed by atoms with Gasteiger partial charge in [-0.15, -0.1) is 11.3 Å². The second-order valence-electron chi connectivity index (χ2n) is 4.81. The largest absolute Gasteiger partial charge is 0.496 e. The summed E-state index contributed by atoms with van der Waals surface area (Å²) >= 11 is 1.01. The van der Waals surface area contributed by atoms with E-state index in [9.17, 15) is 14.0 Å². The highest BCUT2D eigenvalue weighted by atomic mass is 32.1. The highest BCUT2D eigenvalue weighted by Crippen LogP contribution is 2.27. The van der Waals surface area contributed by atoms with E-state index in [-0.39, 0.29) is 10.4 Å². The van der Waals surface area contributed by atoms with Crippen LogP contribution in [0.5, 0.6) is 5.75 Å². The predicted molar refractivity (Wildman–Crippen MR) is 85.2 cm³/mol. The average molecular weight is 337 g/mol. The van der Waals surface area contributed by atoms with Crippen LogP contribution in [0.3, 0.4) is 0 Å². The zero-order valence-corrected chi connectivity index (χ0v) is 13.4. The number of carboxylic acids is 1. The van der Waals surface area contributed by atoms with Gasteiger partial charge in [0.1, 0.15) is 17.3 Å². The molecule has 5 nitrogen and oxygen atoms in total. The SMILES string of the molecule is COc1ccccc1C(CF)NC(=O)c1cc(C(=O)O)sc1C. The van der Waals surface area contributed by atoms with Crippen LogP contribution in [0.25, 0.3) is 0 Å². The second kappa shape index (κ2) is 7.23. The molecule has 0 aliphatic heterocycles. The lowest BCUT2D eigenvalue weighted by Crippen LogP contribution is -2.30. The Morgan fingerprint density at radius 1 is 1.39 bits per heavy atom. The normalized spacial score (nSPS) is 11.8. The predicted octanol–water partition coefficient (Wildman–Crippen LogP) is 3.20. The molecule has 2 rings (SSSR count). The number of aromatic carboxylic acids is 1. The number of methoxy groups -OCH3 is 1. The first-order valence-electron chi connectivity index (χ1n) is 6.81. The molecule has 0 spiro atoms. The molecule has 1 heterocycles. The number of benzene rings is 1. The molecular formula is C16H16FNO4S. The summed E-state index contributed by atoms with van der Waals surface area (Å²) in [5.41, 5.74) is 0.762. The molecule has 2 aromatic rings. The number of alkyl halides is 1. The third kappa shape index (κ3) is 3.68. The first-order valence-corrected chi connectivity index (χ1v) is 7.63. The second-order valence-corrected chi connectivity index (χ2v) is 6.06. The maximum atomic E-state index is 13.4. The number of carbonyl (C=O) groups is 2. The van der Waals surface area contributed by atoms with Crippen LogP contribution in [0.15, 0.2) is 30.3 Å². The Hall–Kier alpha value is -2.41. The molecule has 0 aliphatic carbocycles. The Kier molecular flexibility index (Phi) is 5.33. The fourth-order valence-corrected chi connectivity index (χ4v) is 3.06. The monoisotopic (exact) mass is 337 g/mol. The summed E-state index contributed by atoms with van der Waals surface area (Å²) in [6.45, 7) is 0.848. The number of halogens is 1. The maximum absolute atomic E-state index is 13.4. The average Bonchev–Trinajstić information content (AvgIpc) is 2.94. The van der Waals surface area contributed by atoms with Gasteiger partial charge >= 0.3 is 5.97 Å². The molecule has 1 aromatic carbocycles. The summed E-state index contributed by atoms with van der Waals surface area (Å²) in [6, 6.07) is 7.27. The van der Waals surface area contributed by atoms with Crippen LogP contribution in [0, 0.1) is 6.92 Å². The molecule has 0 bridgehead atoms. The first kappa shape index (κ1) is 17.0. The molecule has 1 amide bonds. The molecular weight excluding hydrogens is 321 g/mol. The summed E-state index contributed by atoms with van der Waals surface area (Å²) in [6.07, 6.45) is 0. The summed E-state index contributed by atoms with van der Waals surface area (Å²) in [4.78, 5) is 24.0. The molecule has 1 atom stereocenters. The van der Waals surface area contributed by atoms with Gasteiger partial charge in [-0.2, -0.15) is 0 Å². The van der Waals surface area contributed by atoms with Crippen LogP contribution >= 0.6 is 11.3 Å². The van der Waals surface area contributed by atoms with Crippen molar-refractivity contribution in [1.29, 1.82) is 0 Å². The number of carbonyl (C=O) groups excluding carboxylic acids is 1. The Labute approximate surface area is 136 Å². The molecule has 7 heteroatoms. The van der Waals surface area contributed by atoms with Crippen molar-refractivity contribution in [2.24, 2.45) is 0 Å². The highest BCUT2D eigenvalue weighted by Gasteiger charge is 2.22. The number of para-hydroxylation sites is 1. The summed E-state index contributed by atoms with van der Waals surface area (Å²) in [7, 11) is 1.47. The highest BCUT2D eigenvalue weighted by molar-refractivity contribution is 7.14. The van der Waals surface area contributed by atoms with E-state index in [0.29, 0.717) is 16.2 Å². The van der Waals surface area contributed by atoms with Crippen molar-refractivity contribution in [1.82, 2.24) is 5.32 Å². The van der Waals surface area contributed by atoms with Crippen LogP contribution in [0.2, 0.25) is 0 Å². The third-order valence-electron chi connectivity index (χ3n) is 3.35. The lowest BCUT2D eigenvalue weighted by Gasteiger charge is -2.18. The number of carboxylic acid groups (broad SMARTS) is 1. The fraction of sp³-hybridized carbons (Fsp3) is 0.250. The van der Waals surface area contributed by atoms with Gasteiger partial charge in [-0.05, 0) is 19.1 Å². The smallest absolute Gasteiger partial charge is 0.345 e. The number of rotatable bonds is 6. The van der Waals surface area contributed by atoms with E-state index >= 15 is 0 Å². The van der Waals surface area contributed by atoms with Crippen molar-refractivity contribution >= 4 is 23.2 Å². The number of thiophene rings is 1. The van der Waals surface area contributed by atoms with Gasteiger partial charge in [0.15, 0.2) is 0 Å². The van der Waals surface area contributed by atoms with Crippen molar-refractivity contribution < 1.29 is 23.8 Å². The van der Waals surface area contributed by atoms with Crippen molar-refractivity contribution in [3.05, 3.63) is 51.2 Å². The van der Waals surface area contributed by atoms with Gasteiger partial charge in [0.2, 0.25) is 0 Å². The Morgan fingerprint density at radius 3 is 2.65 bits per heavy atom. The molecule has 2 N–H and O–H groups in total. The Morgan fingerprint density at radius 2 is 2.09 bits per heavy atom. The standard InChI is InChI=1S/C16H16FNO4S/c1-9-11(7-14(23-9)16(20)21)15(19)18-12(8-17)10-5-3-4-6-13(10)22-2/h3-7,12H,8H2,1-2H3,(H,18,19)(H,20,21). The summed E-state index contributed by atoms with van der Waals surface area (Å²) < 4.78 is 18.6. The molecule has 23 heavy (non-hydrogen) atoms. The van der Waals surface area contributed by atoms with Gasteiger partial charge < -0.3 is 15.2 Å². The number of ether oxygens (including phenoxy) is 1. The van der Waals surface area contributed by atoms with Gasteiger partial charge in [0.25, 0.3) is 5.91 Å². The molecule has 1 aromatic heterocycles. The molecule has 122 valence electrons. The van der Waals surface area contributed by atoms with Crippen LogP contribution < -0.4 is 10.1 Å². The molecule has 0 saturated heterocycles. The lowest BCUT2D eigenvalue weighted by molar-refractivity contribution is 0.0702. The van der Waals surface area contributed by atoms with E-state index in [1.54, 1.807) is 31.2 Å². The van der Waals surface area contributed by atoms with Crippen LogP contribution in [0.1, 0.15) is 36.5 Å². The fourth-order valence-electron chi connectivity index (χ4n) is 2.20. The van der Waals surface area contributed by atoms with E-state index in [1.165, 1.54) is 13.2 Å². The van der Waals surface area contributed by atoms with Crippen LogP contribution in [-0.4, -0.2) is 30.8 Å². The zero-order chi connectivity index (χ0) is 17.0. The molecule has 0 radical (unpaired) electrons. The summed E-state index contributed by atoms with van der Waals surface area (Å²) in [5, 5.41) is 11.6. The minimum absolute atomic E-state index is 0.0711. The van der Waals surface area contributed by atoms with Crippen LogP contribution in [-0.2, 0) is 0 Å². The van der Waals surface area contributed by atoms with E-state index in [2.05, 4.69) is 5.32 Å². The Balaban J connectivity index is 2.25. The molecule has 0 aliphatic rings. The zero-order valence-electron chi connectivity index (χ0n) is 12.6. The van der Waals surface area contributed by atoms with Crippen molar-refractivity contribution in [2.75, 3.05) is 13.8 Å². The number of nitrogens with one attached hydrogen (secondary N) is 1. The Bertz CT molecular complexity index is 729. The number of hydrogen-bond donors (Lipinski definition) is 2. The maximum Gasteiger partial charge on any atom is 0.345 e. The molecule has 0 fully saturated rings. The third-order valence-corrected chi connectivity index (χ3v) is 4.39. The molecule has 0 saturated carbocycles. The van der Waals surface area contributed by atoms with Gasteiger partial charge in [-0.25, -0.2) is 9.18 Å². The lowest BCUT2D eigenvalue weighted by atomic mass is 10.1. The van der Waals surface area contributed by atoms with Gasteiger partial charge in [0.05, 0.1) is 18.7 Å². The van der Waals surface area contributed by atoms with E-state index in [0.717, 1.165) is 11.3 Å². The number of aryl methyl sites for hydroxylation is 1. The van der Waals surface area contributed by atoms with E-state index in [4.69, 9.17) is 9.84 Å². The van der Waals surface area contributed by atoms with Crippen molar-refractivity contribution in [3.63, 3.8) is 0 Å². The van der Waals surface area contributed by atoms with Gasteiger partial charge in [0, 0.05) is 10.4 Å². The summed E-state index contributed by atoms with van der Waals surface area (Å²) in [5.74, 6) is -1.13. The van der Waals surface area contributed by atoms with Gasteiger partial charge in [-0.1, -0.05) is 18.2 Å².